The van der Waals surface area contributed by atoms with E-state index in [1.807, 2.05) is 12.1 Å². The highest BCUT2D eigenvalue weighted by Crippen LogP contribution is 2.20. The number of carbonyl (C=O) groups excluding carboxylic acids is 1. The van der Waals surface area contributed by atoms with E-state index in [4.69, 9.17) is 0 Å². The zero-order valence-corrected chi connectivity index (χ0v) is 15.4. The second kappa shape index (κ2) is 12.2. The molecule has 1 amide bonds. The van der Waals surface area contributed by atoms with E-state index in [0.29, 0.717) is 12.3 Å². The first-order chi connectivity index (χ1) is 11.2. The number of rotatable bonds is 12. The number of amides is 1. The minimum atomic E-state index is 0.146. The Hall–Kier alpha value is -1.31. The number of unbranched alkanes of at least 4 members (excludes halogenated alkanes) is 7. The largest absolute Gasteiger partial charge is 0.326 e. The van der Waals surface area contributed by atoms with Gasteiger partial charge in [-0.3, -0.25) is 4.79 Å². The molecular weight excluding hydrogens is 282 g/mol. The lowest BCUT2D eigenvalue weighted by Gasteiger charge is -2.10. The van der Waals surface area contributed by atoms with Crippen molar-refractivity contribution in [3.63, 3.8) is 0 Å². The third-order valence-electron chi connectivity index (χ3n) is 4.63. The van der Waals surface area contributed by atoms with Crippen LogP contribution in [-0.4, -0.2) is 5.91 Å². The fourth-order valence-corrected chi connectivity index (χ4v) is 2.77. The molecule has 1 N–H and O–H groups in total. The van der Waals surface area contributed by atoms with Crippen molar-refractivity contribution in [3.8, 4) is 0 Å². The molecule has 0 saturated carbocycles. The van der Waals surface area contributed by atoms with Gasteiger partial charge in [-0.25, -0.2) is 0 Å². The fourth-order valence-electron chi connectivity index (χ4n) is 2.77. The summed E-state index contributed by atoms with van der Waals surface area (Å²) < 4.78 is 0. The minimum absolute atomic E-state index is 0.146. The average Bonchev–Trinajstić information content (AvgIpc) is 2.57. The number of hydrogen-bond donors (Lipinski definition) is 1. The van der Waals surface area contributed by atoms with Gasteiger partial charge in [-0.2, -0.15) is 0 Å². The highest BCUT2D eigenvalue weighted by molar-refractivity contribution is 5.90. The van der Waals surface area contributed by atoms with Crippen molar-refractivity contribution >= 4 is 11.6 Å². The third kappa shape index (κ3) is 8.78. The lowest BCUT2D eigenvalue weighted by molar-refractivity contribution is -0.116. The summed E-state index contributed by atoms with van der Waals surface area (Å²) in [7, 11) is 0. The first-order valence-electron chi connectivity index (χ1n) is 9.57. The Morgan fingerprint density at radius 2 is 1.48 bits per heavy atom. The summed E-state index contributed by atoms with van der Waals surface area (Å²) in [6.07, 6.45) is 11.9. The van der Waals surface area contributed by atoms with Crippen molar-refractivity contribution in [1.82, 2.24) is 0 Å². The molecule has 1 aromatic carbocycles. The number of nitrogens with one attached hydrogen (secondary N) is 1. The normalized spacial score (nSPS) is 12.1. The van der Waals surface area contributed by atoms with Crippen LogP contribution in [0, 0.1) is 0 Å². The minimum Gasteiger partial charge on any atom is -0.326 e. The molecule has 0 saturated heterocycles. The van der Waals surface area contributed by atoms with Crippen molar-refractivity contribution in [2.45, 2.75) is 90.9 Å². The van der Waals surface area contributed by atoms with Crippen LogP contribution in [0.25, 0.3) is 0 Å². The van der Waals surface area contributed by atoms with E-state index < -0.39 is 0 Å². The first kappa shape index (κ1) is 19.7. The topological polar surface area (TPSA) is 29.1 Å². The lowest BCUT2D eigenvalue weighted by atomic mass is 9.98. The van der Waals surface area contributed by atoms with Gasteiger partial charge in [0.05, 0.1) is 0 Å². The molecule has 1 unspecified atom stereocenters. The van der Waals surface area contributed by atoms with Crippen LogP contribution >= 0.6 is 0 Å². The van der Waals surface area contributed by atoms with Crippen LogP contribution in [-0.2, 0) is 4.79 Å². The van der Waals surface area contributed by atoms with Crippen molar-refractivity contribution < 1.29 is 4.79 Å². The summed E-state index contributed by atoms with van der Waals surface area (Å²) in [5.41, 5.74) is 2.26. The highest BCUT2D eigenvalue weighted by atomic mass is 16.1. The maximum atomic E-state index is 12.0. The summed E-state index contributed by atoms with van der Waals surface area (Å²) in [5.74, 6) is 0.726. The maximum absolute atomic E-state index is 12.0. The van der Waals surface area contributed by atoms with Crippen molar-refractivity contribution in [3.05, 3.63) is 29.8 Å². The molecule has 2 heteroatoms. The van der Waals surface area contributed by atoms with Crippen molar-refractivity contribution in [2.75, 3.05) is 5.32 Å². The summed E-state index contributed by atoms with van der Waals surface area (Å²) in [6.45, 7) is 6.68. The van der Waals surface area contributed by atoms with Crippen LogP contribution in [0.5, 0.6) is 0 Å². The number of hydrogen-bond acceptors (Lipinski definition) is 1. The Morgan fingerprint density at radius 3 is 2.04 bits per heavy atom. The van der Waals surface area contributed by atoms with Gasteiger partial charge in [0.2, 0.25) is 5.91 Å². The Kier molecular flexibility index (Phi) is 10.4. The molecule has 1 aromatic rings. The highest BCUT2D eigenvalue weighted by Gasteiger charge is 2.05. The van der Waals surface area contributed by atoms with Crippen LogP contribution in [0.3, 0.4) is 0 Å². The summed E-state index contributed by atoms with van der Waals surface area (Å²) >= 11 is 0. The van der Waals surface area contributed by atoms with Gasteiger partial charge in [-0.1, -0.05) is 77.8 Å². The molecule has 23 heavy (non-hydrogen) atoms. The van der Waals surface area contributed by atoms with Gasteiger partial charge in [0, 0.05) is 12.1 Å². The Balaban J connectivity index is 2.14. The van der Waals surface area contributed by atoms with Gasteiger partial charge < -0.3 is 5.32 Å². The summed E-state index contributed by atoms with van der Waals surface area (Å²) in [5, 5.41) is 3.01. The van der Waals surface area contributed by atoms with E-state index in [1.54, 1.807) is 0 Å². The zero-order chi connectivity index (χ0) is 16.9. The molecule has 0 aliphatic heterocycles. The van der Waals surface area contributed by atoms with Crippen LogP contribution < -0.4 is 5.32 Å². The van der Waals surface area contributed by atoms with E-state index in [-0.39, 0.29) is 5.91 Å². The molecule has 130 valence electrons. The molecule has 0 bridgehead atoms. The molecule has 0 aliphatic carbocycles. The van der Waals surface area contributed by atoms with Crippen LogP contribution in [0.4, 0.5) is 5.69 Å². The second-order valence-electron chi connectivity index (χ2n) is 6.70. The Morgan fingerprint density at radius 1 is 0.913 bits per heavy atom. The van der Waals surface area contributed by atoms with Gasteiger partial charge in [0.1, 0.15) is 0 Å². The molecule has 0 radical (unpaired) electrons. The first-order valence-corrected chi connectivity index (χ1v) is 9.57. The molecule has 0 aliphatic rings. The van der Waals surface area contributed by atoms with Gasteiger partial charge in [-0.15, -0.1) is 0 Å². The van der Waals surface area contributed by atoms with Gasteiger partial charge in [0.25, 0.3) is 0 Å². The number of anilines is 1. The second-order valence-corrected chi connectivity index (χ2v) is 6.70. The predicted molar refractivity (Wildman–Crippen MR) is 101 cm³/mol. The Labute approximate surface area is 143 Å². The number of carbonyl (C=O) groups is 1. The molecule has 0 aromatic heterocycles. The van der Waals surface area contributed by atoms with Crippen LogP contribution in [0.1, 0.15) is 96.5 Å². The molecule has 0 spiro atoms. The SMILES string of the molecule is CCCCCCCCCCC(=O)Nc1ccc(C(C)CC)cc1. The maximum Gasteiger partial charge on any atom is 0.224 e. The van der Waals surface area contributed by atoms with Crippen LogP contribution in [0.2, 0.25) is 0 Å². The van der Waals surface area contributed by atoms with Gasteiger partial charge in [0.15, 0.2) is 0 Å². The molecule has 1 atom stereocenters. The smallest absolute Gasteiger partial charge is 0.224 e. The molecule has 2 nitrogen and oxygen atoms in total. The lowest BCUT2D eigenvalue weighted by Crippen LogP contribution is -2.11. The van der Waals surface area contributed by atoms with E-state index in [0.717, 1.165) is 18.5 Å². The molecular formula is C21H35NO. The van der Waals surface area contributed by atoms with Crippen molar-refractivity contribution in [1.29, 1.82) is 0 Å². The third-order valence-corrected chi connectivity index (χ3v) is 4.63. The van der Waals surface area contributed by atoms with E-state index >= 15 is 0 Å². The van der Waals surface area contributed by atoms with Crippen LogP contribution in [0.15, 0.2) is 24.3 Å². The quantitative estimate of drug-likeness (QED) is 0.428. The fraction of sp³-hybridized carbons (Fsp3) is 0.667. The van der Waals surface area contributed by atoms with Gasteiger partial charge >= 0.3 is 0 Å². The average molecular weight is 318 g/mol. The van der Waals surface area contributed by atoms with Crippen molar-refractivity contribution in [2.24, 2.45) is 0 Å². The van der Waals surface area contributed by atoms with E-state index in [1.165, 1.54) is 50.5 Å². The number of benzene rings is 1. The molecule has 0 fully saturated rings. The summed E-state index contributed by atoms with van der Waals surface area (Å²) in [6, 6.07) is 8.29. The standard InChI is InChI=1S/C21H35NO/c1-4-6-7-8-9-10-11-12-13-21(23)22-20-16-14-19(15-17-20)18(3)5-2/h14-18H,4-13H2,1-3H3,(H,22,23). The van der Waals surface area contributed by atoms with E-state index in [2.05, 4.69) is 38.2 Å². The van der Waals surface area contributed by atoms with E-state index in [9.17, 15) is 4.79 Å². The summed E-state index contributed by atoms with van der Waals surface area (Å²) in [4.78, 5) is 12.0. The molecule has 1 rings (SSSR count). The predicted octanol–water partition coefficient (Wildman–Crippen LogP) is 6.67. The Bertz CT molecular complexity index is 424. The zero-order valence-electron chi connectivity index (χ0n) is 15.4. The molecule has 0 heterocycles. The monoisotopic (exact) mass is 317 g/mol. The van der Waals surface area contributed by atoms with Gasteiger partial charge in [-0.05, 0) is 36.5 Å².